The van der Waals surface area contributed by atoms with Crippen LogP contribution in [0.3, 0.4) is 0 Å². The molecule has 0 aliphatic carbocycles. The molecule has 0 unspecified atom stereocenters. The monoisotopic (exact) mass is 427 g/mol. The fourth-order valence-corrected chi connectivity index (χ4v) is 4.20. The average Bonchev–Trinajstić information content (AvgIpc) is 3.40. The highest BCUT2D eigenvalue weighted by atomic mass is 16.7. The number of hydrogen-bond donors (Lipinski definition) is 0. The Balaban J connectivity index is 1.64. The third-order valence-electron chi connectivity index (χ3n) is 6.12. The molecule has 0 amide bonds. The number of hydrogen-bond acceptors (Lipinski definition) is 6. The van der Waals surface area contributed by atoms with E-state index >= 15 is 0 Å². The van der Waals surface area contributed by atoms with Crippen molar-refractivity contribution in [2.75, 3.05) is 6.79 Å². The molecule has 0 fully saturated rings. The van der Waals surface area contributed by atoms with E-state index in [2.05, 4.69) is 6.92 Å². The van der Waals surface area contributed by atoms with Crippen molar-refractivity contribution >= 4 is 33.2 Å². The molecule has 0 N–H and O–H groups in total. The summed E-state index contributed by atoms with van der Waals surface area (Å²) in [6.45, 7) is 4.77. The summed E-state index contributed by atoms with van der Waals surface area (Å²) >= 11 is 0. The van der Waals surface area contributed by atoms with Crippen LogP contribution in [-0.2, 0) is 6.54 Å². The molecule has 1 aliphatic heterocycles. The fourth-order valence-electron chi connectivity index (χ4n) is 4.20. The van der Waals surface area contributed by atoms with Gasteiger partial charge in [0.05, 0.1) is 17.6 Å². The lowest BCUT2D eigenvalue weighted by Gasteiger charge is -2.12. The Morgan fingerprint density at radius 3 is 2.62 bits per heavy atom. The zero-order valence-electron chi connectivity index (χ0n) is 17.8. The van der Waals surface area contributed by atoms with Gasteiger partial charge in [0.2, 0.25) is 6.79 Å². The number of ether oxygens (including phenoxy) is 2. The molecule has 0 saturated heterocycles. The van der Waals surface area contributed by atoms with Gasteiger partial charge >= 0.3 is 0 Å². The number of nitrogens with zero attached hydrogens (tertiary/aromatic N) is 5. The quantitative estimate of drug-likeness (QED) is 0.430. The van der Waals surface area contributed by atoms with Crippen molar-refractivity contribution < 1.29 is 9.47 Å². The highest BCUT2D eigenvalue weighted by Crippen LogP contribution is 2.33. The summed E-state index contributed by atoms with van der Waals surface area (Å²) in [6, 6.07) is 13.6. The molecular formula is C24H21N5O3. The molecule has 1 aliphatic rings. The van der Waals surface area contributed by atoms with Gasteiger partial charge in [0, 0.05) is 6.04 Å². The third kappa shape index (κ3) is 2.76. The van der Waals surface area contributed by atoms with Crippen LogP contribution in [0.5, 0.6) is 11.5 Å². The maximum Gasteiger partial charge on any atom is 0.265 e. The van der Waals surface area contributed by atoms with E-state index in [1.165, 1.54) is 0 Å². The largest absolute Gasteiger partial charge is 0.454 e. The molecular weight excluding hydrogens is 406 g/mol. The molecule has 160 valence electrons. The van der Waals surface area contributed by atoms with E-state index in [0.29, 0.717) is 34.5 Å². The van der Waals surface area contributed by atoms with Crippen LogP contribution in [0.2, 0.25) is 0 Å². The molecule has 0 saturated carbocycles. The zero-order chi connectivity index (χ0) is 21.8. The maximum atomic E-state index is 13.5. The minimum absolute atomic E-state index is 0.0417. The van der Waals surface area contributed by atoms with Crippen molar-refractivity contribution in [3.05, 3.63) is 64.7 Å². The summed E-state index contributed by atoms with van der Waals surface area (Å²) in [4.78, 5) is 27.9. The van der Waals surface area contributed by atoms with Gasteiger partial charge in [-0.05, 0) is 43.2 Å². The molecule has 8 nitrogen and oxygen atoms in total. The summed E-state index contributed by atoms with van der Waals surface area (Å²) in [6.07, 6.45) is 2.46. The van der Waals surface area contributed by atoms with Crippen molar-refractivity contribution in [2.24, 2.45) is 0 Å². The summed E-state index contributed by atoms with van der Waals surface area (Å²) in [5.74, 6) is 1.45. The Labute approximate surface area is 183 Å². The highest BCUT2D eigenvalue weighted by molar-refractivity contribution is 6.04. The third-order valence-corrected chi connectivity index (χ3v) is 6.12. The second-order valence-electron chi connectivity index (χ2n) is 8.07. The first-order valence-electron chi connectivity index (χ1n) is 10.7. The summed E-state index contributed by atoms with van der Waals surface area (Å²) in [5.41, 5.74) is 4.23. The van der Waals surface area contributed by atoms with Gasteiger partial charge in [0.25, 0.3) is 5.56 Å². The van der Waals surface area contributed by atoms with E-state index < -0.39 is 0 Å². The summed E-state index contributed by atoms with van der Waals surface area (Å²) in [7, 11) is 0. The van der Waals surface area contributed by atoms with E-state index in [1.807, 2.05) is 54.0 Å². The minimum atomic E-state index is -0.0941. The van der Waals surface area contributed by atoms with E-state index in [0.717, 1.165) is 28.8 Å². The summed E-state index contributed by atoms with van der Waals surface area (Å²) < 4.78 is 14.6. The maximum absolute atomic E-state index is 13.5. The smallest absolute Gasteiger partial charge is 0.265 e. The van der Waals surface area contributed by atoms with Crippen molar-refractivity contribution in [1.82, 2.24) is 24.1 Å². The summed E-state index contributed by atoms with van der Waals surface area (Å²) in [5, 5.41) is 0.502. The van der Waals surface area contributed by atoms with E-state index in [9.17, 15) is 4.79 Å². The van der Waals surface area contributed by atoms with Crippen LogP contribution < -0.4 is 15.0 Å². The van der Waals surface area contributed by atoms with Gasteiger partial charge < -0.3 is 14.0 Å². The molecule has 0 spiro atoms. The molecule has 1 atom stereocenters. The van der Waals surface area contributed by atoms with Gasteiger partial charge in [-0.2, -0.15) is 0 Å². The van der Waals surface area contributed by atoms with E-state index in [1.54, 1.807) is 10.9 Å². The SMILES string of the molecule is CC[C@@H](C)n1cnc2c(c1=O)c1nc3ccccc3nc1n2Cc1ccc2c(c1)OCO2. The number of fused-ring (bicyclic) bond motifs is 5. The first-order chi connectivity index (χ1) is 15.6. The Morgan fingerprint density at radius 1 is 1.03 bits per heavy atom. The normalized spacial score (nSPS) is 13.9. The number of benzene rings is 2. The first-order valence-corrected chi connectivity index (χ1v) is 10.7. The molecule has 8 heteroatoms. The van der Waals surface area contributed by atoms with Crippen LogP contribution >= 0.6 is 0 Å². The van der Waals surface area contributed by atoms with Gasteiger partial charge in [0.15, 0.2) is 22.8 Å². The lowest BCUT2D eigenvalue weighted by Crippen LogP contribution is -2.23. The lowest BCUT2D eigenvalue weighted by atomic mass is 10.2. The van der Waals surface area contributed by atoms with Crippen LogP contribution in [0, 0.1) is 0 Å². The number of para-hydroxylation sites is 2. The van der Waals surface area contributed by atoms with Gasteiger partial charge in [-0.3, -0.25) is 9.36 Å². The topological polar surface area (TPSA) is 84.1 Å². The Hall–Kier alpha value is -3.94. The molecule has 5 aromatic rings. The second kappa shape index (κ2) is 7.05. The zero-order valence-corrected chi connectivity index (χ0v) is 17.8. The lowest BCUT2D eigenvalue weighted by molar-refractivity contribution is 0.174. The second-order valence-corrected chi connectivity index (χ2v) is 8.07. The molecule has 3 aromatic heterocycles. The van der Waals surface area contributed by atoms with E-state index in [4.69, 9.17) is 24.4 Å². The van der Waals surface area contributed by atoms with Gasteiger partial charge in [-0.25, -0.2) is 15.0 Å². The number of rotatable bonds is 4. The Kier molecular flexibility index (Phi) is 4.14. The molecule has 0 radical (unpaired) electrons. The highest BCUT2D eigenvalue weighted by Gasteiger charge is 2.22. The van der Waals surface area contributed by atoms with Gasteiger partial charge in [0.1, 0.15) is 17.2 Å². The molecule has 0 bridgehead atoms. The predicted octanol–water partition coefficient (Wildman–Crippen LogP) is 4.04. The predicted molar refractivity (Wildman–Crippen MR) is 121 cm³/mol. The average molecular weight is 427 g/mol. The molecule has 4 heterocycles. The minimum Gasteiger partial charge on any atom is -0.454 e. The van der Waals surface area contributed by atoms with Crippen LogP contribution in [0.15, 0.2) is 53.6 Å². The van der Waals surface area contributed by atoms with Crippen LogP contribution in [0.25, 0.3) is 33.2 Å². The van der Waals surface area contributed by atoms with Gasteiger partial charge in [-0.15, -0.1) is 0 Å². The standard InChI is InChI=1S/C24H21N5O3/c1-3-14(2)29-12-25-22-20(24(29)30)21-23(27-17-7-5-4-6-16(17)26-21)28(22)11-15-8-9-18-19(10-15)32-13-31-18/h4-10,12,14H,3,11,13H2,1-2H3/t14-/m1/s1. The molecule has 32 heavy (non-hydrogen) atoms. The molecule has 2 aromatic carbocycles. The van der Waals surface area contributed by atoms with Crippen molar-refractivity contribution in [3.8, 4) is 11.5 Å². The fraction of sp³-hybridized carbons (Fsp3) is 0.250. The number of aromatic nitrogens is 5. The van der Waals surface area contributed by atoms with Crippen molar-refractivity contribution in [3.63, 3.8) is 0 Å². The van der Waals surface area contributed by atoms with Crippen LogP contribution in [0.1, 0.15) is 31.9 Å². The van der Waals surface area contributed by atoms with Crippen molar-refractivity contribution in [2.45, 2.75) is 32.9 Å². The van der Waals surface area contributed by atoms with E-state index in [-0.39, 0.29) is 18.4 Å². The Bertz CT molecular complexity index is 1570. The Morgan fingerprint density at radius 2 is 1.81 bits per heavy atom. The van der Waals surface area contributed by atoms with Crippen LogP contribution in [-0.4, -0.2) is 30.9 Å². The molecule has 6 rings (SSSR count). The van der Waals surface area contributed by atoms with Crippen molar-refractivity contribution in [1.29, 1.82) is 0 Å². The van der Waals surface area contributed by atoms with Gasteiger partial charge in [-0.1, -0.05) is 25.1 Å². The van der Waals surface area contributed by atoms with Crippen LogP contribution in [0.4, 0.5) is 0 Å². The first kappa shape index (κ1) is 18.8.